The lowest BCUT2D eigenvalue weighted by Gasteiger charge is -2.34. The highest BCUT2D eigenvalue weighted by atomic mass is 32.1. The molecule has 0 spiro atoms. The molecule has 1 fully saturated rings. The van der Waals surface area contributed by atoms with Crippen LogP contribution in [0.15, 0.2) is 35.8 Å². The molecule has 1 aliphatic rings. The molecule has 0 atom stereocenters. The van der Waals surface area contributed by atoms with Crippen LogP contribution in [0.4, 0.5) is 24.8 Å². The second-order valence-electron chi connectivity index (χ2n) is 6.90. The van der Waals surface area contributed by atoms with Gasteiger partial charge in [0.25, 0.3) is 0 Å². The third-order valence-corrected chi connectivity index (χ3v) is 5.69. The second-order valence-corrected chi connectivity index (χ2v) is 7.76. The van der Waals surface area contributed by atoms with Gasteiger partial charge in [-0.1, -0.05) is 0 Å². The number of thiazole rings is 1. The monoisotopic (exact) mass is 406 g/mol. The van der Waals surface area contributed by atoms with Gasteiger partial charge in [0.15, 0.2) is 0 Å². The van der Waals surface area contributed by atoms with Crippen molar-refractivity contribution in [2.45, 2.75) is 38.0 Å². The first-order valence-electron chi connectivity index (χ1n) is 8.71. The number of hydrogen-bond donors (Lipinski definition) is 2. The molecule has 0 unspecified atom stereocenters. The lowest BCUT2D eigenvalue weighted by molar-refractivity contribution is -0.141. The summed E-state index contributed by atoms with van der Waals surface area (Å²) >= 11 is 1.42. The lowest BCUT2D eigenvalue weighted by Crippen LogP contribution is -2.33. The summed E-state index contributed by atoms with van der Waals surface area (Å²) in [5.41, 5.74) is 1.17. The van der Waals surface area contributed by atoms with Gasteiger partial charge in [-0.05, 0) is 56.0 Å². The molecule has 146 valence electrons. The number of hydrogen-bond acceptors (Lipinski definition) is 6. The normalized spacial score (nSPS) is 15.9. The number of nitrogens with zero attached hydrogens (tertiary/aromatic N) is 3. The standard InChI is InChI=1S/C19H17F3N4OS/c1-11-7-12(14-10-28-16(25-14)18(27)4-2-5-18)9-13(8-11)24-17-23-6-3-15(26-17)19(20,21)22/h3,6-10,27H,2,4-5H2,1H3,(H,23,24,26). The number of anilines is 2. The number of aryl methyl sites for hydroxylation is 1. The van der Waals surface area contributed by atoms with Gasteiger partial charge in [-0.2, -0.15) is 13.2 Å². The predicted molar refractivity (Wildman–Crippen MR) is 100 cm³/mol. The first-order valence-corrected chi connectivity index (χ1v) is 9.59. The number of alkyl halides is 3. The minimum Gasteiger partial charge on any atom is -0.383 e. The number of rotatable bonds is 4. The van der Waals surface area contributed by atoms with Crippen molar-refractivity contribution in [2.24, 2.45) is 0 Å². The largest absolute Gasteiger partial charge is 0.433 e. The van der Waals surface area contributed by atoms with E-state index in [9.17, 15) is 18.3 Å². The summed E-state index contributed by atoms with van der Waals surface area (Å²) in [5, 5.41) is 15.9. The van der Waals surface area contributed by atoms with E-state index < -0.39 is 17.5 Å². The zero-order valence-electron chi connectivity index (χ0n) is 14.9. The summed E-state index contributed by atoms with van der Waals surface area (Å²) in [6.45, 7) is 1.88. The predicted octanol–water partition coefficient (Wildman–Crippen LogP) is 5.04. The van der Waals surface area contributed by atoms with Gasteiger partial charge in [0.2, 0.25) is 5.95 Å². The van der Waals surface area contributed by atoms with Gasteiger partial charge in [0.1, 0.15) is 16.3 Å². The zero-order chi connectivity index (χ0) is 19.9. The molecule has 0 amide bonds. The molecule has 2 aromatic heterocycles. The van der Waals surface area contributed by atoms with E-state index in [1.807, 2.05) is 18.4 Å². The molecule has 1 aliphatic carbocycles. The molecule has 1 saturated carbocycles. The molecular weight excluding hydrogens is 389 g/mol. The van der Waals surface area contributed by atoms with E-state index in [0.717, 1.165) is 35.5 Å². The van der Waals surface area contributed by atoms with Crippen molar-refractivity contribution in [2.75, 3.05) is 5.32 Å². The maximum Gasteiger partial charge on any atom is 0.433 e. The Labute approximate surface area is 163 Å². The molecule has 0 bridgehead atoms. The number of aliphatic hydroxyl groups is 1. The molecule has 4 rings (SSSR count). The Hall–Kier alpha value is -2.52. The minimum absolute atomic E-state index is 0.130. The van der Waals surface area contributed by atoms with Gasteiger partial charge in [-0.15, -0.1) is 11.3 Å². The number of halogens is 3. The van der Waals surface area contributed by atoms with Gasteiger partial charge in [0.05, 0.1) is 5.69 Å². The quantitative estimate of drug-likeness (QED) is 0.635. The van der Waals surface area contributed by atoms with Gasteiger partial charge in [0, 0.05) is 22.8 Å². The Balaban J connectivity index is 1.61. The highest BCUT2D eigenvalue weighted by Gasteiger charge is 2.39. The lowest BCUT2D eigenvalue weighted by atomic mass is 9.81. The summed E-state index contributed by atoms with van der Waals surface area (Å²) in [6, 6.07) is 6.33. The van der Waals surface area contributed by atoms with E-state index in [1.165, 1.54) is 11.3 Å². The number of benzene rings is 1. The van der Waals surface area contributed by atoms with Crippen LogP contribution in [0, 0.1) is 6.92 Å². The maximum absolute atomic E-state index is 12.8. The van der Waals surface area contributed by atoms with Gasteiger partial charge in [-0.25, -0.2) is 15.0 Å². The summed E-state index contributed by atoms with van der Waals surface area (Å²) in [7, 11) is 0. The second kappa shape index (κ2) is 6.82. The summed E-state index contributed by atoms with van der Waals surface area (Å²) < 4.78 is 38.5. The highest BCUT2D eigenvalue weighted by molar-refractivity contribution is 7.10. The van der Waals surface area contributed by atoms with Crippen molar-refractivity contribution in [1.82, 2.24) is 15.0 Å². The molecular formula is C19H17F3N4OS. The Morgan fingerprint density at radius 3 is 2.64 bits per heavy atom. The third kappa shape index (κ3) is 3.72. The fraction of sp³-hybridized carbons (Fsp3) is 0.316. The van der Waals surface area contributed by atoms with Crippen molar-refractivity contribution in [3.8, 4) is 11.3 Å². The number of aromatic nitrogens is 3. The van der Waals surface area contributed by atoms with Crippen LogP contribution < -0.4 is 5.32 Å². The number of nitrogens with one attached hydrogen (secondary N) is 1. The summed E-state index contributed by atoms with van der Waals surface area (Å²) in [6.07, 6.45) is -1.04. The smallest absolute Gasteiger partial charge is 0.383 e. The minimum atomic E-state index is -4.53. The Morgan fingerprint density at radius 2 is 1.96 bits per heavy atom. The highest BCUT2D eigenvalue weighted by Crippen LogP contribution is 2.43. The fourth-order valence-electron chi connectivity index (χ4n) is 3.05. The summed E-state index contributed by atoms with van der Waals surface area (Å²) in [4.78, 5) is 12.0. The van der Waals surface area contributed by atoms with E-state index in [2.05, 4.69) is 20.3 Å². The molecule has 2 N–H and O–H groups in total. The van der Waals surface area contributed by atoms with Crippen molar-refractivity contribution >= 4 is 23.0 Å². The molecule has 0 saturated heterocycles. The van der Waals surface area contributed by atoms with Crippen molar-refractivity contribution in [1.29, 1.82) is 0 Å². The SMILES string of the molecule is Cc1cc(Nc2nccc(C(F)(F)F)n2)cc(-c2csc(C3(O)CCC3)n2)c1. The van der Waals surface area contributed by atoms with Crippen LogP contribution in [0.3, 0.4) is 0 Å². The van der Waals surface area contributed by atoms with Crippen LogP contribution in [0.25, 0.3) is 11.3 Å². The van der Waals surface area contributed by atoms with Crippen LogP contribution in [0.2, 0.25) is 0 Å². The van der Waals surface area contributed by atoms with E-state index in [-0.39, 0.29) is 5.95 Å². The zero-order valence-corrected chi connectivity index (χ0v) is 15.7. The fourth-order valence-corrected chi connectivity index (χ4v) is 4.04. The average Bonchev–Trinajstić information content (AvgIpc) is 3.09. The van der Waals surface area contributed by atoms with Crippen LogP contribution in [-0.4, -0.2) is 20.1 Å². The molecule has 1 aromatic carbocycles. The van der Waals surface area contributed by atoms with Gasteiger partial charge in [-0.3, -0.25) is 0 Å². The van der Waals surface area contributed by atoms with Crippen LogP contribution >= 0.6 is 11.3 Å². The molecule has 9 heteroatoms. The van der Waals surface area contributed by atoms with Gasteiger partial charge >= 0.3 is 6.18 Å². The maximum atomic E-state index is 12.8. The first kappa shape index (κ1) is 18.8. The van der Waals surface area contributed by atoms with E-state index in [1.54, 1.807) is 12.1 Å². The van der Waals surface area contributed by atoms with Crippen molar-refractivity contribution in [3.63, 3.8) is 0 Å². The van der Waals surface area contributed by atoms with Gasteiger partial charge < -0.3 is 10.4 Å². The van der Waals surface area contributed by atoms with E-state index in [0.29, 0.717) is 23.5 Å². The molecule has 5 nitrogen and oxygen atoms in total. The van der Waals surface area contributed by atoms with Crippen molar-refractivity contribution < 1.29 is 18.3 Å². The Bertz CT molecular complexity index is 1010. The average molecular weight is 406 g/mol. The molecule has 2 heterocycles. The topological polar surface area (TPSA) is 70.9 Å². The molecule has 0 aliphatic heterocycles. The molecule has 28 heavy (non-hydrogen) atoms. The molecule has 3 aromatic rings. The summed E-state index contributed by atoms with van der Waals surface area (Å²) in [5.74, 6) is -0.130. The van der Waals surface area contributed by atoms with Crippen LogP contribution in [0.5, 0.6) is 0 Å². The Morgan fingerprint density at radius 1 is 1.18 bits per heavy atom. The van der Waals surface area contributed by atoms with E-state index in [4.69, 9.17) is 0 Å². The molecule has 0 radical (unpaired) electrons. The first-order chi connectivity index (χ1) is 13.2. The third-order valence-electron chi connectivity index (χ3n) is 4.66. The van der Waals surface area contributed by atoms with Crippen molar-refractivity contribution in [3.05, 3.63) is 52.1 Å². The Kier molecular flexibility index (Phi) is 4.59. The van der Waals surface area contributed by atoms with Crippen LogP contribution in [0.1, 0.15) is 35.5 Å². The van der Waals surface area contributed by atoms with E-state index >= 15 is 0 Å². The van der Waals surface area contributed by atoms with Crippen LogP contribution in [-0.2, 0) is 11.8 Å².